The number of halogens is 3. The zero-order valence-corrected chi connectivity index (χ0v) is 14.6. The summed E-state index contributed by atoms with van der Waals surface area (Å²) in [5.74, 6) is 0. The predicted octanol–water partition coefficient (Wildman–Crippen LogP) is 4.41. The van der Waals surface area contributed by atoms with Crippen LogP contribution < -0.4 is 0 Å². The van der Waals surface area contributed by atoms with Crippen molar-refractivity contribution in [3.05, 3.63) is 38.5 Å². The van der Waals surface area contributed by atoms with E-state index in [2.05, 4.69) is 26.2 Å². The van der Waals surface area contributed by atoms with E-state index in [4.69, 9.17) is 32.7 Å². The average molecular weight is 395 g/mol. The van der Waals surface area contributed by atoms with Crippen molar-refractivity contribution in [2.45, 2.75) is 20.1 Å². The summed E-state index contributed by atoms with van der Waals surface area (Å²) in [5.41, 5.74) is 1.21. The van der Waals surface area contributed by atoms with E-state index < -0.39 is 6.29 Å². The molecule has 0 saturated heterocycles. The van der Waals surface area contributed by atoms with Crippen LogP contribution in [0.4, 0.5) is 0 Å². The van der Waals surface area contributed by atoms with Crippen molar-refractivity contribution >= 4 is 39.1 Å². The number of rotatable bonds is 6. The van der Waals surface area contributed by atoms with Gasteiger partial charge in [-0.05, 0) is 41.9 Å². The van der Waals surface area contributed by atoms with Crippen molar-refractivity contribution in [2.75, 3.05) is 13.2 Å². The Bertz CT molecular complexity index is 615. The van der Waals surface area contributed by atoms with E-state index in [1.165, 1.54) is 0 Å². The van der Waals surface area contributed by atoms with Crippen LogP contribution in [0.1, 0.15) is 25.8 Å². The van der Waals surface area contributed by atoms with Gasteiger partial charge in [0.15, 0.2) is 0 Å². The number of nitrogens with zero attached hydrogens (tertiary/aromatic N) is 3. The first-order chi connectivity index (χ1) is 10.1. The SMILES string of the molecule is CCOC(OCC)c1cn(-c2ccc(Br)c(Cl)c2Cl)nn1. The second-order valence-corrected chi connectivity index (χ2v) is 5.64. The van der Waals surface area contributed by atoms with Crippen LogP contribution >= 0.6 is 39.1 Å². The van der Waals surface area contributed by atoms with Gasteiger partial charge < -0.3 is 9.47 Å². The highest BCUT2D eigenvalue weighted by molar-refractivity contribution is 9.10. The average Bonchev–Trinajstić information content (AvgIpc) is 2.94. The summed E-state index contributed by atoms with van der Waals surface area (Å²) in [6.45, 7) is 4.81. The van der Waals surface area contributed by atoms with E-state index in [1.807, 2.05) is 13.8 Å². The first-order valence-electron chi connectivity index (χ1n) is 6.37. The molecule has 0 bridgehead atoms. The van der Waals surface area contributed by atoms with Gasteiger partial charge in [0.1, 0.15) is 5.69 Å². The minimum atomic E-state index is -0.543. The highest BCUT2D eigenvalue weighted by Crippen LogP contribution is 2.34. The number of ether oxygens (including phenoxy) is 2. The van der Waals surface area contributed by atoms with Crippen LogP contribution in [0.3, 0.4) is 0 Å². The normalized spacial score (nSPS) is 11.3. The maximum Gasteiger partial charge on any atom is 0.204 e. The lowest BCUT2D eigenvalue weighted by Crippen LogP contribution is -2.09. The smallest absolute Gasteiger partial charge is 0.204 e. The summed E-state index contributed by atoms with van der Waals surface area (Å²) in [4.78, 5) is 0. The van der Waals surface area contributed by atoms with E-state index >= 15 is 0 Å². The maximum atomic E-state index is 6.23. The molecule has 0 aliphatic heterocycles. The van der Waals surface area contributed by atoms with Gasteiger partial charge in [-0.25, -0.2) is 4.68 Å². The van der Waals surface area contributed by atoms with Crippen LogP contribution in [-0.2, 0) is 9.47 Å². The van der Waals surface area contributed by atoms with Gasteiger partial charge in [-0.15, -0.1) is 5.10 Å². The van der Waals surface area contributed by atoms with Crippen LogP contribution in [0, 0.1) is 0 Å². The van der Waals surface area contributed by atoms with Crippen molar-refractivity contribution in [3.8, 4) is 5.69 Å². The maximum absolute atomic E-state index is 6.23. The minimum Gasteiger partial charge on any atom is -0.347 e. The Hall–Kier alpha value is -0.660. The van der Waals surface area contributed by atoms with Gasteiger partial charge in [0, 0.05) is 17.7 Å². The van der Waals surface area contributed by atoms with E-state index in [1.54, 1.807) is 23.0 Å². The fourth-order valence-corrected chi connectivity index (χ4v) is 2.57. The molecule has 0 amide bonds. The third-order valence-corrected chi connectivity index (χ3v) is 4.41. The van der Waals surface area contributed by atoms with Crippen molar-refractivity contribution in [3.63, 3.8) is 0 Å². The summed E-state index contributed by atoms with van der Waals surface area (Å²) in [5, 5.41) is 8.95. The van der Waals surface area contributed by atoms with E-state index in [0.717, 1.165) is 4.47 Å². The molecule has 0 aliphatic rings. The number of hydrogen-bond donors (Lipinski definition) is 0. The van der Waals surface area contributed by atoms with E-state index in [0.29, 0.717) is 34.6 Å². The molecule has 114 valence electrons. The molecule has 0 N–H and O–H groups in total. The quantitative estimate of drug-likeness (QED) is 0.537. The standard InChI is InChI=1S/C13H14BrCl2N3O2/c1-3-20-13(21-4-2)9-7-19(18-17-9)10-6-5-8(14)11(15)12(10)16/h5-7,13H,3-4H2,1-2H3. The molecule has 0 aliphatic carbocycles. The second kappa shape index (κ2) is 7.56. The Morgan fingerprint density at radius 3 is 2.48 bits per heavy atom. The zero-order valence-electron chi connectivity index (χ0n) is 11.5. The van der Waals surface area contributed by atoms with Gasteiger partial charge in [-0.1, -0.05) is 28.4 Å². The first-order valence-corrected chi connectivity index (χ1v) is 7.92. The molecule has 2 aromatic rings. The predicted molar refractivity (Wildman–Crippen MR) is 85.1 cm³/mol. The van der Waals surface area contributed by atoms with Crippen LogP contribution in [0.2, 0.25) is 10.0 Å². The lowest BCUT2D eigenvalue weighted by molar-refractivity contribution is -0.142. The molecular formula is C13H14BrCl2N3O2. The van der Waals surface area contributed by atoms with Crippen LogP contribution in [0.25, 0.3) is 5.69 Å². The van der Waals surface area contributed by atoms with Crippen LogP contribution in [0.5, 0.6) is 0 Å². The third kappa shape index (κ3) is 3.76. The molecule has 5 nitrogen and oxygen atoms in total. The second-order valence-electron chi connectivity index (χ2n) is 4.03. The zero-order chi connectivity index (χ0) is 15.4. The van der Waals surface area contributed by atoms with Crippen molar-refractivity contribution in [1.29, 1.82) is 0 Å². The molecule has 0 fully saturated rings. The summed E-state index contributed by atoms with van der Waals surface area (Å²) in [6, 6.07) is 3.60. The largest absolute Gasteiger partial charge is 0.347 e. The molecule has 0 radical (unpaired) electrons. The molecule has 0 atom stereocenters. The highest BCUT2D eigenvalue weighted by atomic mass is 79.9. The molecule has 1 aromatic carbocycles. The Kier molecular flexibility index (Phi) is 6.01. The minimum absolute atomic E-state index is 0.395. The molecule has 0 unspecified atom stereocenters. The van der Waals surface area contributed by atoms with Gasteiger partial charge in [-0.2, -0.15) is 0 Å². The topological polar surface area (TPSA) is 49.2 Å². The Morgan fingerprint density at radius 2 is 1.86 bits per heavy atom. The van der Waals surface area contributed by atoms with E-state index in [9.17, 15) is 0 Å². The molecule has 21 heavy (non-hydrogen) atoms. The monoisotopic (exact) mass is 393 g/mol. The van der Waals surface area contributed by atoms with Crippen LogP contribution in [0.15, 0.2) is 22.8 Å². The molecule has 1 aromatic heterocycles. The Morgan fingerprint density at radius 1 is 1.19 bits per heavy atom. The molecule has 0 spiro atoms. The molecule has 0 saturated carbocycles. The van der Waals surface area contributed by atoms with Gasteiger partial charge in [0.05, 0.1) is 21.9 Å². The molecule has 8 heteroatoms. The molecule has 1 heterocycles. The molecular weight excluding hydrogens is 381 g/mol. The number of hydrogen-bond acceptors (Lipinski definition) is 4. The van der Waals surface area contributed by atoms with Crippen LogP contribution in [-0.4, -0.2) is 28.2 Å². The fourth-order valence-electron chi connectivity index (χ4n) is 1.72. The number of benzene rings is 1. The third-order valence-electron chi connectivity index (χ3n) is 2.65. The summed E-state index contributed by atoms with van der Waals surface area (Å²) in [7, 11) is 0. The number of aromatic nitrogens is 3. The Balaban J connectivity index is 2.33. The van der Waals surface area contributed by atoms with Gasteiger partial charge in [0.25, 0.3) is 0 Å². The lowest BCUT2D eigenvalue weighted by atomic mass is 10.3. The summed E-state index contributed by atoms with van der Waals surface area (Å²) < 4.78 is 13.2. The molecule has 2 rings (SSSR count). The summed E-state index contributed by atoms with van der Waals surface area (Å²) in [6.07, 6.45) is 1.17. The van der Waals surface area contributed by atoms with Crippen molar-refractivity contribution < 1.29 is 9.47 Å². The van der Waals surface area contributed by atoms with Gasteiger partial charge in [0.2, 0.25) is 6.29 Å². The first kappa shape index (κ1) is 16.7. The van der Waals surface area contributed by atoms with Crippen molar-refractivity contribution in [2.24, 2.45) is 0 Å². The van der Waals surface area contributed by atoms with E-state index in [-0.39, 0.29) is 0 Å². The Labute approximate surface area is 141 Å². The van der Waals surface area contributed by atoms with Crippen molar-refractivity contribution in [1.82, 2.24) is 15.0 Å². The van der Waals surface area contributed by atoms with Gasteiger partial charge in [-0.3, -0.25) is 0 Å². The van der Waals surface area contributed by atoms with Gasteiger partial charge >= 0.3 is 0 Å². The summed E-state index contributed by atoms with van der Waals surface area (Å²) >= 11 is 15.7. The lowest BCUT2D eigenvalue weighted by Gasteiger charge is -2.13. The highest BCUT2D eigenvalue weighted by Gasteiger charge is 2.18. The fraction of sp³-hybridized carbons (Fsp3) is 0.385.